The quantitative estimate of drug-likeness (QED) is 0.468. The Hall–Kier alpha value is -1.74. The normalized spacial score (nSPS) is 19.2. The molecular formula is C12H14FNO6S. The molecule has 0 aromatic heterocycles. The third kappa shape index (κ3) is 4.36. The van der Waals surface area contributed by atoms with Crippen molar-refractivity contribution in [3.8, 4) is 5.75 Å². The fourth-order valence-electron chi connectivity index (χ4n) is 2.04. The number of hydrogen-bond acceptors (Lipinski definition) is 6. The Morgan fingerprint density at radius 1 is 1.43 bits per heavy atom. The maximum Gasteiger partial charge on any atom is 0.312 e. The monoisotopic (exact) mass is 319 g/mol. The highest BCUT2D eigenvalue weighted by atomic mass is 32.2. The number of rotatable bonds is 5. The molecule has 0 aliphatic carbocycles. The van der Waals surface area contributed by atoms with Crippen LogP contribution >= 0.6 is 0 Å². The van der Waals surface area contributed by atoms with Crippen molar-refractivity contribution in [2.45, 2.75) is 25.4 Å². The van der Waals surface area contributed by atoms with Crippen LogP contribution in [-0.4, -0.2) is 31.8 Å². The van der Waals surface area contributed by atoms with Crippen LogP contribution in [-0.2, 0) is 14.9 Å². The van der Waals surface area contributed by atoms with Crippen LogP contribution in [0.5, 0.6) is 5.75 Å². The third-order valence-electron chi connectivity index (χ3n) is 3.00. The summed E-state index contributed by atoms with van der Waals surface area (Å²) in [5, 5.41) is 10.8. The molecule has 2 rings (SSSR count). The fourth-order valence-corrected chi connectivity index (χ4v) is 3.24. The molecule has 0 saturated carbocycles. The third-order valence-corrected chi connectivity index (χ3v) is 4.21. The summed E-state index contributed by atoms with van der Waals surface area (Å²) in [7, 11) is -4.10. The maximum atomic E-state index is 13.1. The molecule has 1 aliphatic rings. The van der Waals surface area contributed by atoms with Gasteiger partial charge in [0.25, 0.3) is 0 Å². The first-order chi connectivity index (χ1) is 9.87. The number of hydrogen-bond donors (Lipinski definition) is 0. The van der Waals surface area contributed by atoms with Gasteiger partial charge in [-0.25, -0.2) is 4.39 Å². The van der Waals surface area contributed by atoms with E-state index in [1.165, 1.54) is 0 Å². The molecule has 1 unspecified atom stereocenters. The molecule has 1 atom stereocenters. The minimum atomic E-state index is -4.10. The lowest BCUT2D eigenvalue weighted by atomic mass is 10.1. The van der Waals surface area contributed by atoms with Crippen molar-refractivity contribution in [3.05, 3.63) is 34.1 Å². The molecule has 0 spiro atoms. The Labute approximate surface area is 120 Å². The van der Waals surface area contributed by atoms with E-state index >= 15 is 0 Å². The minimum absolute atomic E-state index is 0.416. The van der Waals surface area contributed by atoms with E-state index in [0.717, 1.165) is 25.0 Å². The largest absolute Gasteiger partial charge is 0.377 e. The first-order valence-electron chi connectivity index (χ1n) is 6.35. The SMILES string of the molecule is O=[N+]([O-])c1ccc(F)cc1OS(=O)(=O)CC1CCCCO1. The second-order valence-corrected chi connectivity index (χ2v) is 6.28. The van der Waals surface area contributed by atoms with E-state index in [1.807, 2.05) is 0 Å². The molecule has 9 heteroatoms. The highest BCUT2D eigenvalue weighted by Gasteiger charge is 2.27. The lowest BCUT2D eigenvalue weighted by molar-refractivity contribution is -0.385. The summed E-state index contributed by atoms with van der Waals surface area (Å²) >= 11 is 0. The van der Waals surface area contributed by atoms with Crippen molar-refractivity contribution in [1.82, 2.24) is 0 Å². The van der Waals surface area contributed by atoms with E-state index in [0.29, 0.717) is 19.1 Å². The molecule has 1 aromatic rings. The highest BCUT2D eigenvalue weighted by Crippen LogP contribution is 2.29. The van der Waals surface area contributed by atoms with Gasteiger partial charge >= 0.3 is 15.8 Å². The van der Waals surface area contributed by atoms with E-state index in [1.54, 1.807) is 0 Å². The second kappa shape index (κ2) is 6.35. The molecule has 1 saturated heterocycles. The zero-order valence-electron chi connectivity index (χ0n) is 11.0. The summed E-state index contributed by atoms with van der Waals surface area (Å²) in [4.78, 5) is 9.96. The number of ether oxygens (including phenoxy) is 1. The summed E-state index contributed by atoms with van der Waals surface area (Å²) in [6.07, 6.45) is 1.79. The Balaban J connectivity index is 2.15. The number of benzene rings is 1. The highest BCUT2D eigenvalue weighted by molar-refractivity contribution is 7.87. The van der Waals surface area contributed by atoms with Gasteiger partial charge in [0.05, 0.1) is 11.0 Å². The molecule has 0 bridgehead atoms. The van der Waals surface area contributed by atoms with Crippen molar-refractivity contribution in [3.63, 3.8) is 0 Å². The van der Waals surface area contributed by atoms with Gasteiger partial charge in [-0.3, -0.25) is 10.1 Å². The molecule has 1 aromatic carbocycles. The Kier molecular flexibility index (Phi) is 4.73. The Morgan fingerprint density at radius 2 is 2.19 bits per heavy atom. The Morgan fingerprint density at radius 3 is 2.81 bits per heavy atom. The van der Waals surface area contributed by atoms with Crippen LogP contribution in [0.15, 0.2) is 18.2 Å². The first kappa shape index (κ1) is 15.6. The smallest absolute Gasteiger partial charge is 0.312 e. The molecule has 7 nitrogen and oxygen atoms in total. The van der Waals surface area contributed by atoms with E-state index < -0.39 is 44.2 Å². The summed E-state index contributed by atoms with van der Waals surface area (Å²) < 4.78 is 46.9. The van der Waals surface area contributed by atoms with E-state index in [9.17, 15) is 22.9 Å². The maximum absolute atomic E-state index is 13.1. The van der Waals surface area contributed by atoms with Crippen LogP contribution in [0.3, 0.4) is 0 Å². The van der Waals surface area contributed by atoms with Gasteiger partial charge in [-0.2, -0.15) is 8.42 Å². The van der Waals surface area contributed by atoms with E-state index in [2.05, 4.69) is 4.18 Å². The number of nitrogens with zero attached hydrogens (tertiary/aromatic N) is 1. The molecule has 1 fully saturated rings. The van der Waals surface area contributed by atoms with Crippen molar-refractivity contribution in [2.75, 3.05) is 12.4 Å². The van der Waals surface area contributed by atoms with Crippen LogP contribution in [0.1, 0.15) is 19.3 Å². The minimum Gasteiger partial charge on any atom is -0.377 e. The standard InChI is InChI=1S/C12H14FNO6S/c13-9-4-5-11(14(15)16)12(7-9)20-21(17,18)8-10-3-1-2-6-19-10/h4-5,7,10H,1-3,6,8H2. The average molecular weight is 319 g/mol. The van der Waals surface area contributed by atoms with Gasteiger partial charge in [0.2, 0.25) is 5.75 Å². The number of nitro groups is 1. The van der Waals surface area contributed by atoms with Crippen LogP contribution in [0.25, 0.3) is 0 Å². The predicted octanol–water partition coefficient (Wildman–Crippen LogP) is 2.01. The zero-order chi connectivity index (χ0) is 15.5. The van der Waals surface area contributed by atoms with Gasteiger partial charge < -0.3 is 8.92 Å². The molecule has 0 N–H and O–H groups in total. The van der Waals surface area contributed by atoms with E-state index in [-0.39, 0.29) is 0 Å². The summed E-state index contributed by atoms with van der Waals surface area (Å²) in [6, 6.07) is 2.40. The van der Waals surface area contributed by atoms with Gasteiger partial charge in [-0.15, -0.1) is 0 Å². The van der Waals surface area contributed by atoms with Crippen LogP contribution in [0.4, 0.5) is 10.1 Å². The molecule has 0 radical (unpaired) electrons. The molecule has 1 heterocycles. The van der Waals surface area contributed by atoms with Gasteiger partial charge in [-0.05, 0) is 25.3 Å². The molecular weight excluding hydrogens is 305 g/mol. The summed E-state index contributed by atoms with van der Waals surface area (Å²) in [5.41, 5.74) is -0.607. The summed E-state index contributed by atoms with van der Waals surface area (Å²) in [5.74, 6) is -1.86. The molecule has 0 amide bonds. The second-order valence-electron chi connectivity index (χ2n) is 4.67. The number of halogens is 1. The first-order valence-corrected chi connectivity index (χ1v) is 7.93. The number of nitro benzene ring substituents is 1. The van der Waals surface area contributed by atoms with Gasteiger partial charge in [-0.1, -0.05) is 0 Å². The molecule has 116 valence electrons. The van der Waals surface area contributed by atoms with Crippen LogP contribution in [0, 0.1) is 15.9 Å². The van der Waals surface area contributed by atoms with Gasteiger partial charge in [0, 0.05) is 18.7 Å². The topological polar surface area (TPSA) is 95.7 Å². The fraction of sp³-hybridized carbons (Fsp3) is 0.500. The van der Waals surface area contributed by atoms with Crippen molar-refractivity contribution >= 4 is 15.8 Å². The predicted molar refractivity (Wildman–Crippen MR) is 71.1 cm³/mol. The summed E-state index contributed by atoms with van der Waals surface area (Å²) in [6.45, 7) is 0.473. The molecule has 21 heavy (non-hydrogen) atoms. The zero-order valence-corrected chi connectivity index (χ0v) is 11.8. The Bertz CT molecular complexity index is 627. The van der Waals surface area contributed by atoms with E-state index in [4.69, 9.17) is 4.74 Å². The van der Waals surface area contributed by atoms with Crippen molar-refractivity contribution in [2.24, 2.45) is 0 Å². The lowest BCUT2D eigenvalue weighted by Crippen LogP contribution is -2.30. The van der Waals surface area contributed by atoms with Crippen molar-refractivity contribution < 1.29 is 26.7 Å². The van der Waals surface area contributed by atoms with Crippen molar-refractivity contribution in [1.29, 1.82) is 0 Å². The lowest BCUT2D eigenvalue weighted by Gasteiger charge is -2.22. The molecule has 1 aliphatic heterocycles. The van der Waals surface area contributed by atoms with Crippen LogP contribution < -0.4 is 4.18 Å². The van der Waals surface area contributed by atoms with Gasteiger partial charge in [0.1, 0.15) is 11.6 Å². The average Bonchev–Trinajstić information content (AvgIpc) is 2.38. The van der Waals surface area contributed by atoms with Crippen LogP contribution in [0.2, 0.25) is 0 Å². The van der Waals surface area contributed by atoms with Gasteiger partial charge in [0.15, 0.2) is 0 Å².